The summed E-state index contributed by atoms with van der Waals surface area (Å²) in [7, 11) is 0. The summed E-state index contributed by atoms with van der Waals surface area (Å²) in [4.78, 5) is 15.2. The van der Waals surface area contributed by atoms with Crippen LogP contribution in [0.3, 0.4) is 0 Å². The standard InChI is InChI=1S/C16H14F3N5O2/c1-6-3-4-9(25)7(2)10(6)8-5-24-14(11(12(8)20)13(21)26)22-15(23-24)16(17,18)19/h3-5,25H,20H2,1-2H3,(H2,21,26). The molecule has 7 nitrogen and oxygen atoms in total. The summed E-state index contributed by atoms with van der Waals surface area (Å²) in [5.41, 5.74) is 12.3. The maximum Gasteiger partial charge on any atom is 0.453 e. The van der Waals surface area contributed by atoms with Crippen LogP contribution in [-0.2, 0) is 6.18 Å². The van der Waals surface area contributed by atoms with Crippen LogP contribution in [0.25, 0.3) is 16.8 Å². The number of alkyl halides is 3. The molecule has 1 amide bonds. The van der Waals surface area contributed by atoms with E-state index < -0.39 is 17.9 Å². The minimum Gasteiger partial charge on any atom is -0.508 e. The number of halogens is 3. The first-order valence-electron chi connectivity index (χ1n) is 7.37. The van der Waals surface area contributed by atoms with E-state index in [9.17, 15) is 23.1 Å². The van der Waals surface area contributed by atoms with Crippen LogP contribution >= 0.6 is 0 Å². The Bertz CT molecular complexity index is 1060. The van der Waals surface area contributed by atoms with Crippen LogP contribution in [0.1, 0.15) is 27.3 Å². The molecule has 2 heterocycles. The van der Waals surface area contributed by atoms with Crippen molar-refractivity contribution in [2.45, 2.75) is 20.0 Å². The number of rotatable bonds is 2. The largest absolute Gasteiger partial charge is 0.508 e. The van der Waals surface area contributed by atoms with Gasteiger partial charge in [-0.15, -0.1) is 5.10 Å². The van der Waals surface area contributed by atoms with Gasteiger partial charge in [-0.2, -0.15) is 13.2 Å². The van der Waals surface area contributed by atoms with Gasteiger partial charge in [-0.05, 0) is 36.6 Å². The molecule has 136 valence electrons. The average Bonchev–Trinajstić information content (AvgIpc) is 2.95. The lowest BCUT2D eigenvalue weighted by atomic mass is 9.93. The van der Waals surface area contributed by atoms with E-state index in [1.807, 2.05) is 0 Å². The van der Waals surface area contributed by atoms with E-state index in [0.717, 1.165) is 4.52 Å². The van der Waals surface area contributed by atoms with Crippen molar-refractivity contribution < 1.29 is 23.1 Å². The van der Waals surface area contributed by atoms with E-state index in [1.165, 1.54) is 12.3 Å². The van der Waals surface area contributed by atoms with Gasteiger partial charge in [0.1, 0.15) is 11.3 Å². The summed E-state index contributed by atoms with van der Waals surface area (Å²) in [6.45, 7) is 3.35. The molecule has 26 heavy (non-hydrogen) atoms. The number of primary amides is 1. The minimum atomic E-state index is -4.80. The van der Waals surface area contributed by atoms with Gasteiger partial charge >= 0.3 is 6.18 Å². The molecule has 0 unspecified atom stereocenters. The van der Waals surface area contributed by atoms with E-state index in [2.05, 4.69) is 10.1 Å². The van der Waals surface area contributed by atoms with Gasteiger partial charge < -0.3 is 16.6 Å². The number of carbonyl (C=O) groups excluding carboxylic acids is 1. The van der Waals surface area contributed by atoms with E-state index >= 15 is 0 Å². The molecule has 0 radical (unpaired) electrons. The minimum absolute atomic E-state index is 0.0275. The number of amides is 1. The van der Waals surface area contributed by atoms with Gasteiger partial charge in [0, 0.05) is 11.8 Å². The van der Waals surface area contributed by atoms with Crippen LogP contribution < -0.4 is 11.5 Å². The Morgan fingerprint density at radius 3 is 2.50 bits per heavy atom. The predicted octanol–water partition coefficient (Wildman–Crippen LogP) is 2.42. The first-order chi connectivity index (χ1) is 12.0. The number of aromatic hydroxyl groups is 1. The molecule has 10 heteroatoms. The van der Waals surface area contributed by atoms with Crippen molar-refractivity contribution in [3.63, 3.8) is 0 Å². The number of benzene rings is 1. The maximum atomic E-state index is 12.9. The lowest BCUT2D eigenvalue weighted by Gasteiger charge is -2.15. The van der Waals surface area contributed by atoms with Crippen molar-refractivity contribution in [3.8, 4) is 16.9 Å². The van der Waals surface area contributed by atoms with Crippen LogP contribution in [0.4, 0.5) is 18.9 Å². The maximum absolute atomic E-state index is 12.9. The zero-order chi connectivity index (χ0) is 19.4. The molecule has 0 aliphatic carbocycles. The topological polar surface area (TPSA) is 120 Å². The first kappa shape index (κ1) is 17.5. The lowest BCUT2D eigenvalue weighted by molar-refractivity contribution is -0.144. The Morgan fingerprint density at radius 1 is 1.27 bits per heavy atom. The Balaban J connectivity index is 2.44. The van der Waals surface area contributed by atoms with Crippen molar-refractivity contribution in [1.29, 1.82) is 0 Å². The van der Waals surface area contributed by atoms with Crippen LogP contribution in [0, 0.1) is 13.8 Å². The fraction of sp³-hybridized carbons (Fsp3) is 0.188. The molecule has 0 saturated heterocycles. The number of aryl methyl sites for hydroxylation is 1. The summed E-state index contributed by atoms with van der Waals surface area (Å²) in [5, 5.41) is 13.4. The Kier molecular flexibility index (Phi) is 3.78. The van der Waals surface area contributed by atoms with Crippen molar-refractivity contribution in [2.75, 3.05) is 5.73 Å². The van der Waals surface area contributed by atoms with Crippen LogP contribution in [0.15, 0.2) is 18.3 Å². The average molecular weight is 365 g/mol. The van der Waals surface area contributed by atoms with Crippen molar-refractivity contribution in [3.05, 3.63) is 40.8 Å². The zero-order valence-electron chi connectivity index (χ0n) is 13.7. The monoisotopic (exact) mass is 365 g/mol. The number of pyridine rings is 1. The summed E-state index contributed by atoms with van der Waals surface area (Å²) in [6, 6.07) is 3.10. The number of nitrogen functional groups attached to an aromatic ring is 1. The highest BCUT2D eigenvalue weighted by Crippen LogP contribution is 2.38. The number of aromatic nitrogens is 3. The predicted molar refractivity (Wildman–Crippen MR) is 87.5 cm³/mol. The first-order valence-corrected chi connectivity index (χ1v) is 7.37. The third kappa shape index (κ3) is 2.59. The molecule has 0 bridgehead atoms. The summed E-state index contributed by atoms with van der Waals surface area (Å²) in [5.74, 6) is -2.48. The second kappa shape index (κ2) is 5.61. The van der Waals surface area contributed by atoms with E-state index in [4.69, 9.17) is 11.5 Å². The molecule has 0 aliphatic rings. The number of hydrogen-bond donors (Lipinski definition) is 3. The van der Waals surface area contributed by atoms with Crippen molar-refractivity contribution >= 4 is 17.2 Å². The Morgan fingerprint density at radius 2 is 1.92 bits per heavy atom. The van der Waals surface area contributed by atoms with Gasteiger partial charge in [-0.3, -0.25) is 4.79 Å². The molecular formula is C16H14F3N5O2. The second-order valence-electron chi connectivity index (χ2n) is 5.80. The highest BCUT2D eigenvalue weighted by molar-refractivity contribution is 6.07. The smallest absolute Gasteiger partial charge is 0.453 e. The molecule has 5 N–H and O–H groups in total. The third-order valence-corrected chi connectivity index (χ3v) is 4.08. The number of nitrogens with two attached hydrogens (primary N) is 2. The van der Waals surface area contributed by atoms with Crippen molar-refractivity contribution in [1.82, 2.24) is 14.6 Å². The Labute approximate surface area is 145 Å². The Hall–Kier alpha value is -3.30. The number of phenols is 1. The number of phenolic OH excluding ortho intramolecular Hbond substituents is 1. The molecular weight excluding hydrogens is 351 g/mol. The highest BCUT2D eigenvalue weighted by atomic mass is 19.4. The normalized spacial score (nSPS) is 11.9. The van der Waals surface area contributed by atoms with Gasteiger partial charge in [0.25, 0.3) is 11.7 Å². The molecule has 3 aromatic rings. The quantitative estimate of drug-likeness (QED) is 0.644. The molecule has 0 saturated carbocycles. The third-order valence-electron chi connectivity index (χ3n) is 4.08. The number of carbonyl (C=O) groups is 1. The van der Waals surface area contributed by atoms with Crippen LogP contribution in [0.5, 0.6) is 5.75 Å². The molecule has 0 atom stereocenters. The molecule has 3 rings (SSSR count). The fourth-order valence-corrected chi connectivity index (χ4v) is 2.84. The number of anilines is 1. The van der Waals surface area contributed by atoms with E-state index in [1.54, 1.807) is 19.9 Å². The molecule has 0 spiro atoms. The van der Waals surface area contributed by atoms with Crippen molar-refractivity contribution in [2.24, 2.45) is 5.73 Å². The molecule has 0 fully saturated rings. The fourth-order valence-electron chi connectivity index (χ4n) is 2.84. The van der Waals surface area contributed by atoms with Crippen LogP contribution in [0.2, 0.25) is 0 Å². The molecule has 2 aromatic heterocycles. The van der Waals surface area contributed by atoms with Gasteiger partial charge in [0.15, 0.2) is 5.65 Å². The molecule has 1 aromatic carbocycles. The number of fused-ring (bicyclic) bond motifs is 1. The molecule has 0 aliphatic heterocycles. The number of hydrogen-bond acceptors (Lipinski definition) is 5. The zero-order valence-corrected chi connectivity index (χ0v) is 13.7. The van der Waals surface area contributed by atoms with Gasteiger partial charge in [0.2, 0.25) is 0 Å². The van der Waals surface area contributed by atoms with Gasteiger partial charge in [-0.1, -0.05) is 6.07 Å². The number of nitrogens with zero attached hydrogens (tertiary/aromatic N) is 3. The summed E-state index contributed by atoms with van der Waals surface area (Å²) in [6.07, 6.45) is -3.57. The van der Waals surface area contributed by atoms with Crippen LogP contribution in [-0.4, -0.2) is 25.6 Å². The van der Waals surface area contributed by atoms with E-state index in [0.29, 0.717) is 16.7 Å². The second-order valence-corrected chi connectivity index (χ2v) is 5.80. The lowest BCUT2D eigenvalue weighted by Crippen LogP contribution is -2.16. The summed E-state index contributed by atoms with van der Waals surface area (Å²) < 4.78 is 39.7. The summed E-state index contributed by atoms with van der Waals surface area (Å²) >= 11 is 0. The van der Waals surface area contributed by atoms with E-state index in [-0.39, 0.29) is 28.2 Å². The highest BCUT2D eigenvalue weighted by Gasteiger charge is 2.37. The SMILES string of the molecule is Cc1ccc(O)c(C)c1-c1cn2nc(C(F)(F)F)nc2c(C(N)=O)c1N. The van der Waals surface area contributed by atoms with Gasteiger partial charge in [-0.25, -0.2) is 9.50 Å². The van der Waals surface area contributed by atoms with Gasteiger partial charge in [0.05, 0.1) is 5.69 Å².